The first-order valence-corrected chi connectivity index (χ1v) is 6.69. The van der Waals surface area contributed by atoms with Gasteiger partial charge in [0.2, 0.25) is 0 Å². The van der Waals surface area contributed by atoms with Gasteiger partial charge in [0.1, 0.15) is 6.10 Å². The minimum Gasteiger partial charge on any atom is -0.364 e. The number of ether oxygens (including phenoxy) is 1. The second kappa shape index (κ2) is 5.18. The van der Waals surface area contributed by atoms with Crippen LogP contribution in [0.2, 0.25) is 0 Å². The first-order chi connectivity index (χ1) is 7.31. The van der Waals surface area contributed by atoms with E-state index in [0.717, 1.165) is 37.4 Å². The Bertz CT molecular complexity index is 231. The van der Waals surface area contributed by atoms with Gasteiger partial charge in [-0.3, -0.25) is 4.79 Å². The maximum Gasteiger partial charge on any atom is 0.251 e. The van der Waals surface area contributed by atoms with Crippen LogP contribution in [-0.2, 0) is 9.53 Å². The van der Waals surface area contributed by atoms with Crippen LogP contribution in [-0.4, -0.2) is 54.2 Å². The monoisotopic (exact) mass is 230 g/mol. The summed E-state index contributed by atoms with van der Waals surface area (Å²) in [5.74, 6) is 2.28. The summed E-state index contributed by atoms with van der Waals surface area (Å²) in [6.07, 6.45) is 1.64. The molecule has 2 saturated heterocycles. The first-order valence-electron chi connectivity index (χ1n) is 5.53. The highest BCUT2D eigenvalue weighted by molar-refractivity contribution is 7.99. The van der Waals surface area contributed by atoms with Gasteiger partial charge >= 0.3 is 0 Å². The van der Waals surface area contributed by atoms with Crippen molar-refractivity contribution in [1.82, 2.24) is 4.90 Å². The lowest BCUT2D eigenvalue weighted by Gasteiger charge is -2.28. The summed E-state index contributed by atoms with van der Waals surface area (Å²) in [5.41, 5.74) is 5.52. The van der Waals surface area contributed by atoms with Crippen LogP contribution in [0.3, 0.4) is 0 Å². The number of hydrogen-bond acceptors (Lipinski definition) is 4. The van der Waals surface area contributed by atoms with Crippen molar-refractivity contribution in [2.75, 3.05) is 31.1 Å². The van der Waals surface area contributed by atoms with Crippen molar-refractivity contribution in [3.8, 4) is 0 Å². The number of thioether (sulfide) groups is 1. The normalized spacial score (nSPS) is 31.9. The van der Waals surface area contributed by atoms with E-state index in [0.29, 0.717) is 6.54 Å². The lowest BCUT2D eigenvalue weighted by atomic mass is 10.2. The topological polar surface area (TPSA) is 55.6 Å². The molecule has 0 bridgehead atoms. The molecule has 2 heterocycles. The molecule has 86 valence electrons. The highest BCUT2D eigenvalue weighted by atomic mass is 32.2. The van der Waals surface area contributed by atoms with Crippen LogP contribution < -0.4 is 5.73 Å². The Morgan fingerprint density at radius 2 is 2.13 bits per heavy atom. The zero-order chi connectivity index (χ0) is 10.7. The summed E-state index contributed by atoms with van der Waals surface area (Å²) in [5, 5.41) is 0. The molecule has 2 aliphatic rings. The predicted molar refractivity (Wildman–Crippen MR) is 60.9 cm³/mol. The molecule has 4 nitrogen and oxygen atoms in total. The van der Waals surface area contributed by atoms with Gasteiger partial charge in [-0.1, -0.05) is 0 Å². The molecule has 0 saturated carbocycles. The highest BCUT2D eigenvalue weighted by Crippen LogP contribution is 2.22. The zero-order valence-electron chi connectivity index (χ0n) is 8.85. The lowest BCUT2D eigenvalue weighted by molar-refractivity contribution is -0.142. The van der Waals surface area contributed by atoms with Crippen LogP contribution >= 0.6 is 11.8 Å². The second-order valence-corrected chi connectivity index (χ2v) is 5.22. The van der Waals surface area contributed by atoms with E-state index in [1.54, 1.807) is 0 Å². The number of nitrogens with zero attached hydrogens (tertiary/aromatic N) is 1. The van der Waals surface area contributed by atoms with Gasteiger partial charge in [0.05, 0.1) is 6.10 Å². The Balaban J connectivity index is 1.85. The van der Waals surface area contributed by atoms with Crippen molar-refractivity contribution in [3.05, 3.63) is 0 Å². The molecule has 0 radical (unpaired) electrons. The van der Waals surface area contributed by atoms with Crippen molar-refractivity contribution in [2.45, 2.75) is 25.0 Å². The number of rotatable bonds is 2. The number of carbonyl (C=O) groups excluding carboxylic acids is 1. The quantitative estimate of drug-likeness (QED) is 0.729. The lowest BCUT2D eigenvalue weighted by Crippen LogP contribution is -2.44. The summed E-state index contributed by atoms with van der Waals surface area (Å²) >= 11 is 1.91. The fraction of sp³-hybridized carbons (Fsp3) is 0.900. The van der Waals surface area contributed by atoms with Crippen LogP contribution in [0.1, 0.15) is 12.8 Å². The Kier molecular flexibility index (Phi) is 3.88. The molecule has 2 aliphatic heterocycles. The van der Waals surface area contributed by atoms with E-state index in [4.69, 9.17) is 10.5 Å². The van der Waals surface area contributed by atoms with Gasteiger partial charge in [-0.05, 0) is 12.8 Å². The molecular formula is C10H18N2O2S. The van der Waals surface area contributed by atoms with Crippen LogP contribution in [0.25, 0.3) is 0 Å². The molecule has 2 fully saturated rings. The maximum absolute atomic E-state index is 12.0. The van der Waals surface area contributed by atoms with Crippen LogP contribution in [0, 0.1) is 0 Å². The van der Waals surface area contributed by atoms with E-state index >= 15 is 0 Å². The zero-order valence-corrected chi connectivity index (χ0v) is 9.67. The summed E-state index contributed by atoms with van der Waals surface area (Å²) in [4.78, 5) is 13.9. The SMILES string of the molecule is NC[C@H]1CC[C@@H](C(=O)N2CCSCC2)O1. The summed E-state index contributed by atoms with van der Waals surface area (Å²) in [7, 11) is 0. The average Bonchev–Trinajstić information content (AvgIpc) is 2.78. The van der Waals surface area contributed by atoms with Crippen LogP contribution in [0.4, 0.5) is 0 Å². The van der Waals surface area contributed by atoms with E-state index in [1.165, 1.54) is 0 Å². The molecule has 2 atom stereocenters. The minimum atomic E-state index is -0.221. The molecule has 2 rings (SSSR count). The van der Waals surface area contributed by atoms with Gasteiger partial charge in [-0.25, -0.2) is 0 Å². The Labute approximate surface area is 94.5 Å². The van der Waals surface area contributed by atoms with Crippen LogP contribution in [0.15, 0.2) is 0 Å². The van der Waals surface area contributed by atoms with Crippen molar-refractivity contribution in [1.29, 1.82) is 0 Å². The van der Waals surface area contributed by atoms with E-state index in [9.17, 15) is 4.79 Å². The van der Waals surface area contributed by atoms with Crippen molar-refractivity contribution >= 4 is 17.7 Å². The molecule has 1 amide bonds. The third-order valence-corrected chi connectivity index (χ3v) is 3.91. The van der Waals surface area contributed by atoms with Gasteiger partial charge in [-0.2, -0.15) is 11.8 Å². The largest absolute Gasteiger partial charge is 0.364 e. The Morgan fingerprint density at radius 3 is 2.73 bits per heavy atom. The fourth-order valence-corrected chi connectivity index (χ4v) is 2.95. The Morgan fingerprint density at radius 1 is 1.40 bits per heavy atom. The molecule has 0 aromatic carbocycles. The molecule has 0 unspecified atom stereocenters. The first kappa shape index (κ1) is 11.2. The average molecular weight is 230 g/mol. The number of amides is 1. The van der Waals surface area contributed by atoms with Crippen molar-refractivity contribution < 1.29 is 9.53 Å². The molecule has 5 heteroatoms. The third kappa shape index (κ3) is 2.65. The second-order valence-electron chi connectivity index (χ2n) is 4.00. The highest BCUT2D eigenvalue weighted by Gasteiger charge is 2.33. The molecule has 0 aliphatic carbocycles. The summed E-state index contributed by atoms with van der Waals surface area (Å²) in [6, 6.07) is 0. The van der Waals surface area contributed by atoms with E-state index in [2.05, 4.69) is 0 Å². The fourth-order valence-electron chi connectivity index (χ4n) is 2.05. The molecular weight excluding hydrogens is 212 g/mol. The summed E-state index contributed by atoms with van der Waals surface area (Å²) < 4.78 is 5.60. The maximum atomic E-state index is 12.0. The van der Waals surface area contributed by atoms with Gasteiger partial charge in [-0.15, -0.1) is 0 Å². The van der Waals surface area contributed by atoms with E-state index < -0.39 is 0 Å². The van der Waals surface area contributed by atoms with Crippen LogP contribution in [0.5, 0.6) is 0 Å². The number of carbonyl (C=O) groups is 1. The van der Waals surface area contributed by atoms with Gasteiger partial charge < -0.3 is 15.4 Å². The van der Waals surface area contributed by atoms with E-state index in [-0.39, 0.29) is 18.1 Å². The molecule has 2 N–H and O–H groups in total. The Hall–Kier alpha value is -0.260. The van der Waals surface area contributed by atoms with Gasteiger partial charge in [0, 0.05) is 31.1 Å². The molecule has 15 heavy (non-hydrogen) atoms. The predicted octanol–water partition coefficient (Wildman–Crippen LogP) is 0.0681. The summed E-state index contributed by atoms with van der Waals surface area (Å²) in [6.45, 7) is 2.27. The van der Waals surface area contributed by atoms with Gasteiger partial charge in [0.15, 0.2) is 0 Å². The molecule has 0 aromatic rings. The van der Waals surface area contributed by atoms with Crippen molar-refractivity contribution in [2.24, 2.45) is 5.73 Å². The molecule has 0 spiro atoms. The standard InChI is InChI=1S/C10H18N2O2S/c11-7-8-1-2-9(14-8)10(13)12-3-5-15-6-4-12/h8-9H,1-7,11H2/t8-,9+/m1/s1. The van der Waals surface area contributed by atoms with E-state index in [1.807, 2.05) is 16.7 Å². The third-order valence-electron chi connectivity index (χ3n) is 2.97. The number of nitrogens with two attached hydrogens (primary N) is 1. The molecule has 0 aromatic heterocycles. The minimum absolute atomic E-state index is 0.0955. The van der Waals surface area contributed by atoms with Gasteiger partial charge in [0.25, 0.3) is 5.91 Å². The number of hydrogen-bond donors (Lipinski definition) is 1. The smallest absolute Gasteiger partial charge is 0.251 e. The van der Waals surface area contributed by atoms with Crippen molar-refractivity contribution in [3.63, 3.8) is 0 Å².